The maximum Gasteiger partial charge on any atom is 0.361 e. The average Bonchev–Trinajstić information content (AvgIpc) is 3.01. The van der Waals surface area contributed by atoms with Crippen LogP contribution in [0.2, 0.25) is 0 Å². The van der Waals surface area contributed by atoms with Crippen LogP contribution in [0, 0.1) is 0 Å². The Balaban J connectivity index is 1.79. The van der Waals surface area contributed by atoms with Crippen LogP contribution in [0.1, 0.15) is 23.1 Å². The lowest BCUT2D eigenvalue weighted by Crippen LogP contribution is -2.47. The normalized spacial score (nSPS) is 12.6. The second-order valence-corrected chi connectivity index (χ2v) is 10.4. The highest BCUT2D eigenvalue weighted by molar-refractivity contribution is 7.97. The predicted molar refractivity (Wildman–Crippen MR) is 168 cm³/mol. The summed E-state index contributed by atoms with van der Waals surface area (Å²) in [6, 6.07) is 40.2. The summed E-state index contributed by atoms with van der Waals surface area (Å²) in [6.45, 7) is 0.275. The number of rotatable bonds is 16. The van der Waals surface area contributed by atoms with Gasteiger partial charge in [0.05, 0.1) is 12.0 Å². The van der Waals surface area contributed by atoms with E-state index in [1.807, 2.05) is 72.8 Å². The fraction of sp³-hybridized carbons (Fsp3) is 0.200. The molecule has 0 heterocycles. The van der Waals surface area contributed by atoms with Gasteiger partial charge in [-0.15, -0.1) is 0 Å². The van der Waals surface area contributed by atoms with Gasteiger partial charge in [-0.25, -0.2) is 0 Å². The summed E-state index contributed by atoms with van der Waals surface area (Å²) >= 11 is 2.54. The SMILES string of the molecule is NSCCOB(c1ccccc1)C(OC(B(OCCSN)c1ccccc1)c1ccccc1)c1ccccc1. The van der Waals surface area contributed by atoms with E-state index >= 15 is 0 Å². The van der Waals surface area contributed by atoms with Crippen molar-refractivity contribution in [2.24, 2.45) is 10.3 Å². The molecule has 0 saturated heterocycles. The van der Waals surface area contributed by atoms with E-state index in [1.165, 1.54) is 23.9 Å². The van der Waals surface area contributed by atoms with Gasteiger partial charge in [0.1, 0.15) is 0 Å². The molecule has 0 spiro atoms. The van der Waals surface area contributed by atoms with E-state index in [0.29, 0.717) is 24.7 Å². The Bertz CT molecular complexity index is 1100. The number of ether oxygens (including phenoxy) is 1. The molecule has 9 heteroatoms. The molecule has 0 amide bonds. The molecule has 4 aromatic rings. The van der Waals surface area contributed by atoms with Crippen molar-refractivity contribution in [1.29, 1.82) is 0 Å². The fourth-order valence-corrected chi connectivity index (χ4v) is 4.93. The number of nitrogens with two attached hydrogens (primary N) is 2. The second-order valence-electron chi connectivity index (χ2n) is 8.94. The van der Waals surface area contributed by atoms with Crippen LogP contribution in [0.4, 0.5) is 0 Å². The molecule has 4 N–H and O–H groups in total. The van der Waals surface area contributed by atoms with Gasteiger partial charge >= 0.3 is 13.8 Å². The molecule has 0 aliphatic carbocycles. The van der Waals surface area contributed by atoms with Crippen molar-refractivity contribution in [3.05, 3.63) is 132 Å². The topological polar surface area (TPSA) is 79.7 Å². The van der Waals surface area contributed by atoms with Crippen molar-refractivity contribution >= 4 is 48.7 Å². The zero-order valence-electron chi connectivity index (χ0n) is 21.9. The highest BCUT2D eigenvalue weighted by Crippen LogP contribution is 2.31. The Morgan fingerprint density at radius 2 is 0.846 bits per heavy atom. The molecule has 0 aliphatic rings. The van der Waals surface area contributed by atoms with Gasteiger partial charge in [0, 0.05) is 24.7 Å². The molecule has 0 bridgehead atoms. The molecule has 2 unspecified atom stereocenters. The fourth-order valence-electron chi connectivity index (χ4n) is 4.54. The van der Waals surface area contributed by atoms with E-state index in [2.05, 4.69) is 48.5 Å². The maximum atomic E-state index is 7.19. The molecular formula is C30H34B2N2O3S2. The zero-order chi connectivity index (χ0) is 27.1. The summed E-state index contributed by atoms with van der Waals surface area (Å²) in [4.78, 5) is 0. The van der Waals surface area contributed by atoms with Crippen LogP contribution in [0.5, 0.6) is 0 Å². The summed E-state index contributed by atoms with van der Waals surface area (Å²) in [5, 5.41) is 11.5. The van der Waals surface area contributed by atoms with Crippen LogP contribution in [-0.4, -0.2) is 38.6 Å². The molecule has 200 valence electrons. The molecule has 39 heavy (non-hydrogen) atoms. The minimum Gasteiger partial charge on any atom is -0.428 e. The van der Waals surface area contributed by atoms with Crippen molar-refractivity contribution < 1.29 is 14.0 Å². The van der Waals surface area contributed by atoms with E-state index < -0.39 is 12.0 Å². The number of hydrogen-bond donors (Lipinski definition) is 2. The van der Waals surface area contributed by atoms with Gasteiger partial charge < -0.3 is 14.0 Å². The number of benzene rings is 4. The minimum atomic E-state index is -0.416. The van der Waals surface area contributed by atoms with Crippen LogP contribution >= 0.6 is 23.9 Å². The van der Waals surface area contributed by atoms with Crippen LogP contribution in [0.3, 0.4) is 0 Å². The summed E-state index contributed by atoms with van der Waals surface area (Å²) in [5.74, 6) is 1.36. The van der Waals surface area contributed by atoms with Crippen LogP contribution in [-0.2, 0) is 14.0 Å². The first-order valence-corrected chi connectivity index (χ1v) is 15.1. The lowest BCUT2D eigenvalue weighted by atomic mass is 9.51. The molecular weight excluding hydrogens is 522 g/mol. The standard InChI is InChI=1S/C30H34B2N2O3S2/c33-38-23-21-35-31(27-17-9-3-10-18-27)29(25-13-5-1-6-14-25)37-30(26-15-7-2-8-16-26)32(36-22-24-39-34)28-19-11-4-12-20-28/h1-20,29-30H,21-24,33-34H2. The monoisotopic (exact) mass is 556 g/mol. The quantitative estimate of drug-likeness (QED) is 0.119. The number of hydrogen-bond acceptors (Lipinski definition) is 7. The molecule has 4 rings (SSSR count). The van der Waals surface area contributed by atoms with E-state index in [9.17, 15) is 0 Å². The molecule has 0 radical (unpaired) electrons. The smallest absolute Gasteiger partial charge is 0.361 e. The Labute approximate surface area is 241 Å². The van der Waals surface area contributed by atoms with Crippen molar-refractivity contribution in [3.8, 4) is 0 Å². The average molecular weight is 556 g/mol. The third kappa shape index (κ3) is 8.75. The Kier molecular flexibility index (Phi) is 12.5. The lowest BCUT2D eigenvalue weighted by molar-refractivity contribution is 0.0517. The van der Waals surface area contributed by atoms with E-state index in [1.54, 1.807) is 0 Å². The largest absolute Gasteiger partial charge is 0.428 e. The maximum absolute atomic E-state index is 7.19. The first kappa shape index (κ1) is 29.5. The Hall–Kier alpha value is -2.49. The van der Waals surface area contributed by atoms with Gasteiger partial charge in [0.2, 0.25) is 0 Å². The molecule has 0 aliphatic heterocycles. The minimum absolute atomic E-state index is 0.358. The van der Waals surface area contributed by atoms with Crippen molar-refractivity contribution in [2.75, 3.05) is 24.7 Å². The van der Waals surface area contributed by atoms with Gasteiger partial charge in [-0.1, -0.05) is 145 Å². The Morgan fingerprint density at radius 3 is 1.18 bits per heavy atom. The summed E-state index contributed by atoms with van der Waals surface area (Å²) < 4.78 is 20.2. The third-order valence-electron chi connectivity index (χ3n) is 6.35. The summed E-state index contributed by atoms with van der Waals surface area (Å²) in [7, 11) is 0. The summed E-state index contributed by atoms with van der Waals surface area (Å²) in [6.07, 6.45) is 0. The molecule has 5 nitrogen and oxygen atoms in total. The highest BCUT2D eigenvalue weighted by atomic mass is 32.2. The van der Waals surface area contributed by atoms with E-state index in [-0.39, 0.29) is 13.8 Å². The van der Waals surface area contributed by atoms with Gasteiger partial charge in [-0.3, -0.25) is 10.3 Å². The van der Waals surface area contributed by atoms with Gasteiger partial charge in [0.15, 0.2) is 0 Å². The molecule has 2 atom stereocenters. The van der Waals surface area contributed by atoms with Crippen LogP contribution < -0.4 is 21.2 Å². The Morgan fingerprint density at radius 1 is 0.513 bits per heavy atom. The van der Waals surface area contributed by atoms with Crippen molar-refractivity contribution in [3.63, 3.8) is 0 Å². The first-order valence-electron chi connectivity index (χ1n) is 13.0. The van der Waals surface area contributed by atoms with Gasteiger partial charge in [-0.05, 0) is 22.1 Å². The summed E-state index contributed by atoms with van der Waals surface area (Å²) in [5.41, 5.74) is 4.13. The van der Waals surface area contributed by atoms with E-state index in [0.717, 1.165) is 22.1 Å². The molecule has 0 aromatic heterocycles. The van der Waals surface area contributed by atoms with Crippen molar-refractivity contribution in [2.45, 2.75) is 12.0 Å². The molecule has 4 aromatic carbocycles. The molecule has 0 saturated carbocycles. The molecule has 0 fully saturated rings. The zero-order valence-corrected chi connectivity index (χ0v) is 23.5. The van der Waals surface area contributed by atoms with Crippen molar-refractivity contribution in [1.82, 2.24) is 0 Å². The van der Waals surface area contributed by atoms with Crippen LogP contribution in [0.25, 0.3) is 0 Å². The highest BCUT2D eigenvalue weighted by Gasteiger charge is 2.39. The predicted octanol–water partition coefficient (Wildman–Crippen LogP) is 4.61. The second kappa shape index (κ2) is 16.6. The van der Waals surface area contributed by atoms with E-state index in [4.69, 9.17) is 24.3 Å². The third-order valence-corrected chi connectivity index (χ3v) is 7.16. The first-order chi connectivity index (χ1) is 19.3. The van der Waals surface area contributed by atoms with Crippen LogP contribution in [0.15, 0.2) is 121 Å². The lowest BCUT2D eigenvalue weighted by Gasteiger charge is -2.33. The van der Waals surface area contributed by atoms with Gasteiger partial charge in [-0.2, -0.15) is 0 Å². The van der Waals surface area contributed by atoms with Gasteiger partial charge in [0.25, 0.3) is 0 Å².